The number of aromatic nitrogens is 1. The minimum absolute atomic E-state index is 0.0613. The summed E-state index contributed by atoms with van der Waals surface area (Å²) in [5.74, 6) is -0.0613. The van der Waals surface area contributed by atoms with E-state index in [1.807, 2.05) is 36.7 Å². The molecule has 6 heteroatoms. The summed E-state index contributed by atoms with van der Waals surface area (Å²) >= 11 is 3.38. The Balaban J connectivity index is 1.29. The standard InChI is InChI=1S/C23H23BrN4O/c24-20-5-3-19(4-6-20)23(29)26-17-18-1-7-21(8-2-18)27-13-15-28(16-14-27)22-9-11-25-12-10-22/h1-12H,13-17H2,(H,26,29). The number of hydrogen-bond acceptors (Lipinski definition) is 4. The zero-order valence-corrected chi connectivity index (χ0v) is 17.7. The lowest BCUT2D eigenvalue weighted by Crippen LogP contribution is -2.46. The second-order valence-electron chi connectivity index (χ2n) is 7.04. The van der Waals surface area contributed by atoms with Crippen LogP contribution in [0.25, 0.3) is 0 Å². The van der Waals surface area contributed by atoms with Crippen LogP contribution in [0, 0.1) is 0 Å². The maximum absolute atomic E-state index is 12.2. The van der Waals surface area contributed by atoms with Crippen LogP contribution in [0.3, 0.4) is 0 Å². The number of amides is 1. The lowest BCUT2D eigenvalue weighted by Gasteiger charge is -2.37. The highest BCUT2D eigenvalue weighted by molar-refractivity contribution is 9.10. The Morgan fingerprint density at radius 2 is 1.38 bits per heavy atom. The Kier molecular flexibility index (Phi) is 6.10. The molecule has 0 atom stereocenters. The number of pyridine rings is 1. The summed E-state index contributed by atoms with van der Waals surface area (Å²) in [5.41, 5.74) is 4.21. The second-order valence-corrected chi connectivity index (χ2v) is 7.95. The Hall–Kier alpha value is -2.86. The molecule has 2 aromatic carbocycles. The SMILES string of the molecule is O=C(NCc1ccc(N2CCN(c3ccncc3)CC2)cc1)c1ccc(Br)cc1. The van der Waals surface area contributed by atoms with Crippen LogP contribution in [0.1, 0.15) is 15.9 Å². The van der Waals surface area contributed by atoms with Crippen molar-refractivity contribution < 1.29 is 4.79 Å². The van der Waals surface area contributed by atoms with Gasteiger partial charge in [-0.3, -0.25) is 9.78 Å². The number of piperazine rings is 1. The zero-order chi connectivity index (χ0) is 20.1. The van der Waals surface area contributed by atoms with Gasteiger partial charge < -0.3 is 15.1 Å². The minimum atomic E-state index is -0.0613. The maximum atomic E-state index is 12.2. The van der Waals surface area contributed by atoms with E-state index in [-0.39, 0.29) is 5.91 Å². The van der Waals surface area contributed by atoms with Gasteiger partial charge in [0, 0.05) is 66.5 Å². The van der Waals surface area contributed by atoms with Crippen molar-refractivity contribution in [2.75, 3.05) is 36.0 Å². The van der Waals surface area contributed by atoms with Gasteiger partial charge in [0.15, 0.2) is 0 Å². The summed E-state index contributed by atoms with van der Waals surface area (Å²) in [7, 11) is 0. The predicted octanol–water partition coefficient (Wildman–Crippen LogP) is 4.10. The first-order chi connectivity index (χ1) is 14.2. The second kappa shape index (κ2) is 9.09. The molecule has 0 spiro atoms. The highest BCUT2D eigenvalue weighted by Crippen LogP contribution is 2.20. The number of anilines is 2. The molecule has 2 heterocycles. The van der Waals surface area contributed by atoms with Crippen LogP contribution in [0.4, 0.5) is 11.4 Å². The van der Waals surface area contributed by atoms with Crippen molar-refractivity contribution in [3.8, 4) is 0 Å². The highest BCUT2D eigenvalue weighted by atomic mass is 79.9. The Labute approximate surface area is 179 Å². The summed E-state index contributed by atoms with van der Waals surface area (Å²) in [4.78, 5) is 21.1. The van der Waals surface area contributed by atoms with Gasteiger partial charge in [0.25, 0.3) is 5.91 Å². The van der Waals surface area contributed by atoms with E-state index in [4.69, 9.17) is 0 Å². The van der Waals surface area contributed by atoms with Gasteiger partial charge in [-0.25, -0.2) is 0 Å². The van der Waals surface area contributed by atoms with Crippen molar-refractivity contribution in [1.29, 1.82) is 0 Å². The van der Waals surface area contributed by atoms with Crippen molar-refractivity contribution in [2.45, 2.75) is 6.54 Å². The van der Waals surface area contributed by atoms with Crippen molar-refractivity contribution >= 4 is 33.2 Å². The van der Waals surface area contributed by atoms with Gasteiger partial charge in [0.05, 0.1) is 0 Å². The van der Waals surface area contributed by atoms with E-state index in [9.17, 15) is 4.79 Å². The van der Waals surface area contributed by atoms with Crippen LogP contribution in [-0.2, 0) is 6.54 Å². The number of nitrogens with one attached hydrogen (secondary N) is 1. The normalized spacial score (nSPS) is 14.0. The molecule has 4 rings (SSSR count). The molecule has 0 radical (unpaired) electrons. The number of rotatable bonds is 5. The van der Waals surface area contributed by atoms with E-state index in [2.05, 4.69) is 72.4 Å². The van der Waals surface area contributed by atoms with E-state index in [0.29, 0.717) is 12.1 Å². The van der Waals surface area contributed by atoms with E-state index >= 15 is 0 Å². The third-order valence-electron chi connectivity index (χ3n) is 5.17. The van der Waals surface area contributed by atoms with Crippen LogP contribution in [0.5, 0.6) is 0 Å². The molecule has 1 amide bonds. The fourth-order valence-corrected chi connectivity index (χ4v) is 3.75. The quantitative estimate of drug-likeness (QED) is 0.635. The van der Waals surface area contributed by atoms with Gasteiger partial charge in [-0.1, -0.05) is 28.1 Å². The monoisotopic (exact) mass is 450 g/mol. The molecule has 1 aliphatic heterocycles. The maximum Gasteiger partial charge on any atom is 0.251 e. The summed E-state index contributed by atoms with van der Waals surface area (Å²) in [5, 5.41) is 2.98. The molecule has 5 nitrogen and oxygen atoms in total. The predicted molar refractivity (Wildman–Crippen MR) is 120 cm³/mol. The van der Waals surface area contributed by atoms with Crippen molar-refractivity contribution in [1.82, 2.24) is 10.3 Å². The van der Waals surface area contributed by atoms with Crippen LogP contribution in [0.2, 0.25) is 0 Å². The Morgan fingerprint density at radius 3 is 1.97 bits per heavy atom. The minimum Gasteiger partial charge on any atom is -0.368 e. The Bertz CT molecular complexity index is 937. The smallest absolute Gasteiger partial charge is 0.251 e. The van der Waals surface area contributed by atoms with Crippen molar-refractivity contribution in [3.63, 3.8) is 0 Å². The fourth-order valence-electron chi connectivity index (χ4n) is 3.49. The molecule has 0 saturated carbocycles. The third-order valence-corrected chi connectivity index (χ3v) is 5.70. The van der Waals surface area contributed by atoms with Crippen molar-refractivity contribution in [2.24, 2.45) is 0 Å². The molecule has 1 fully saturated rings. The molecular formula is C23H23BrN4O. The average Bonchev–Trinajstić information content (AvgIpc) is 2.79. The van der Waals surface area contributed by atoms with Crippen LogP contribution >= 0.6 is 15.9 Å². The first-order valence-corrected chi connectivity index (χ1v) is 10.5. The first kappa shape index (κ1) is 19.5. The van der Waals surface area contributed by atoms with Crippen LogP contribution in [0.15, 0.2) is 77.5 Å². The van der Waals surface area contributed by atoms with E-state index in [0.717, 1.165) is 36.2 Å². The summed E-state index contributed by atoms with van der Waals surface area (Å²) < 4.78 is 0.964. The largest absolute Gasteiger partial charge is 0.368 e. The van der Waals surface area contributed by atoms with E-state index < -0.39 is 0 Å². The summed E-state index contributed by atoms with van der Waals surface area (Å²) in [6.45, 7) is 4.49. The van der Waals surface area contributed by atoms with Gasteiger partial charge in [-0.2, -0.15) is 0 Å². The molecule has 1 aliphatic rings. The highest BCUT2D eigenvalue weighted by Gasteiger charge is 2.17. The lowest BCUT2D eigenvalue weighted by atomic mass is 10.1. The summed E-state index contributed by atoms with van der Waals surface area (Å²) in [6, 6.07) is 20.0. The van der Waals surface area contributed by atoms with Crippen LogP contribution in [-0.4, -0.2) is 37.1 Å². The topological polar surface area (TPSA) is 48.5 Å². The van der Waals surface area contributed by atoms with Gasteiger partial charge in [-0.15, -0.1) is 0 Å². The number of carbonyl (C=O) groups is 1. The first-order valence-electron chi connectivity index (χ1n) is 9.72. The number of halogens is 1. The lowest BCUT2D eigenvalue weighted by molar-refractivity contribution is 0.0951. The van der Waals surface area contributed by atoms with Gasteiger partial charge in [-0.05, 0) is 54.1 Å². The molecule has 29 heavy (non-hydrogen) atoms. The molecule has 1 N–H and O–H groups in total. The number of carbonyl (C=O) groups excluding carboxylic acids is 1. The number of hydrogen-bond donors (Lipinski definition) is 1. The zero-order valence-electron chi connectivity index (χ0n) is 16.1. The van der Waals surface area contributed by atoms with E-state index in [1.165, 1.54) is 11.4 Å². The molecule has 1 saturated heterocycles. The average molecular weight is 451 g/mol. The molecule has 0 aliphatic carbocycles. The fraction of sp³-hybridized carbons (Fsp3) is 0.217. The van der Waals surface area contributed by atoms with E-state index in [1.54, 1.807) is 0 Å². The van der Waals surface area contributed by atoms with Crippen molar-refractivity contribution in [3.05, 3.63) is 88.7 Å². The van der Waals surface area contributed by atoms with Crippen LogP contribution < -0.4 is 15.1 Å². The molecular weight excluding hydrogens is 428 g/mol. The molecule has 3 aromatic rings. The molecule has 0 unspecified atom stereocenters. The van der Waals surface area contributed by atoms with Gasteiger partial charge >= 0.3 is 0 Å². The Morgan fingerprint density at radius 1 is 0.828 bits per heavy atom. The number of nitrogens with zero attached hydrogens (tertiary/aromatic N) is 3. The third kappa shape index (κ3) is 4.95. The number of benzene rings is 2. The molecule has 0 bridgehead atoms. The van der Waals surface area contributed by atoms with Gasteiger partial charge in [0.2, 0.25) is 0 Å². The van der Waals surface area contributed by atoms with Gasteiger partial charge in [0.1, 0.15) is 0 Å². The molecule has 148 valence electrons. The summed E-state index contributed by atoms with van der Waals surface area (Å²) in [6.07, 6.45) is 3.69. The molecule has 1 aromatic heterocycles.